The fourth-order valence-corrected chi connectivity index (χ4v) is 6.51. The summed E-state index contributed by atoms with van der Waals surface area (Å²) in [7, 11) is 3.73. The first kappa shape index (κ1) is 21.4. The van der Waals surface area contributed by atoms with Crippen LogP contribution in [-0.4, -0.2) is 70.7 Å². The van der Waals surface area contributed by atoms with Gasteiger partial charge in [0.15, 0.2) is 5.75 Å². The van der Waals surface area contributed by atoms with Gasteiger partial charge in [0.25, 0.3) is 0 Å². The van der Waals surface area contributed by atoms with E-state index < -0.39 is 17.4 Å². The molecule has 32 heavy (non-hydrogen) atoms. The summed E-state index contributed by atoms with van der Waals surface area (Å²) in [6.45, 7) is 3.95. The molecule has 168 valence electrons. The van der Waals surface area contributed by atoms with E-state index >= 15 is 4.39 Å². The fraction of sp³-hybridized carbons (Fsp3) is 0.364. The first-order valence-corrected chi connectivity index (χ1v) is 12.6. The van der Waals surface area contributed by atoms with Crippen LogP contribution in [0.3, 0.4) is 0 Å². The lowest BCUT2D eigenvalue weighted by molar-refractivity contribution is 0.312. The summed E-state index contributed by atoms with van der Waals surface area (Å²) < 4.78 is 29.9. The van der Waals surface area contributed by atoms with E-state index in [1.54, 1.807) is 13.1 Å². The van der Waals surface area contributed by atoms with Gasteiger partial charge in [0, 0.05) is 53.6 Å². The molecule has 4 heterocycles. The number of aromatic nitrogens is 1. The highest BCUT2D eigenvalue weighted by Crippen LogP contribution is 2.40. The average molecular weight is 473 g/mol. The van der Waals surface area contributed by atoms with Crippen molar-refractivity contribution in [2.45, 2.75) is 6.04 Å². The standard InChI is InChI=1S/C22H25FN6OS2/c1-27-8-10-29(11-9-27)18-7-6-14(12-25-18)15-4-3-5-16-19(23)21(31-20(15)16)17-13-32(30)28(2)22(24)26-17/h3-7,12,17H,8-11,13H2,1-2H3,(H2,24,26). The minimum absolute atomic E-state index is 0.0420. The molecular formula is C22H25FN6OS2. The maximum absolute atomic E-state index is 15.4. The molecule has 2 atom stereocenters. The summed E-state index contributed by atoms with van der Waals surface area (Å²) in [5.41, 5.74) is 1.87. The van der Waals surface area contributed by atoms with Gasteiger partial charge >= 0.3 is 0 Å². The Morgan fingerprint density at radius 3 is 2.66 bits per heavy atom. The van der Waals surface area contributed by atoms with Crippen molar-refractivity contribution in [2.75, 3.05) is 50.9 Å². The number of fused-ring (bicyclic) bond motifs is 1. The molecule has 0 radical (unpaired) electrons. The van der Waals surface area contributed by atoms with Crippen LogP contribution in [0.4, 0.5) is 10.2 Å². The number of likely N-dealkylation sites (N-methyl/N-ethyl adjacent to an activating group) is 1. The Hall–Kier alpha value is -2.40. The third-order valence-electron chi connectivity index (χ3n) is 6.12. The molecule has 2 aromatic heterocycles. The van der Waals surface area contributed by atoms with Crippen molar-refractivity contribution in [3.8, 4) is 11.1 Å². The quantitative estimate of drug-likeness (QED) is 0.571. The van der Waals surface area contributed by atoms with Crippen LogP contribution in [0.5, 0.6) is 0 Å². The molecule has 0 spiro atoms. The number of anilines is 1. The summed E-state index contributed by atoms with van der Waals surface area (Å²) in [6, 6.07) is 9.21. The Labute approximate surface area is 193 Å². The Morgan fingerprint density at radius 1 is 1.19 bits per heavy atom. The Balaban J connectivity index is 1.46. The first-order valence-electron chi connectivity index (χ1n) is 10.5. The number of benzene rings is 1. The van der Waals surface area contributed by atoms with E-state index in [1.165, 1.54) is 15.6 Å². The number of nitrogens with zero attached hydrogens (tertiary/aromatic N) is 4. The number of rotatable bonds is 3. The Kier molecular flexibility index (Phi) is 5.70. The van der Waals surface area contributed by atoms with E-state index in [9.17, 15) is 4.55 Å². The van der Waals surface area contributed by atoms with Crippen LogP contribution in [0.15, 0.2) is 36.5 Å². The van der Waals surface area contributed by atoms with E-state index in [2.05, 4.69) is 27.1 Å². The third kappa shape index (κ3) is 3.81. The number of thiophene rings is 1. The fourth-order valence-electron chi connectivity index (χ4n) is 4.12. The van der Waals surface area contributed by atoms with Crippen LogP contribution < -0.4 is 10.2 Å². The molecule has 2 unspecified atom stereocenters. The lowest BCUT2D eigenvalue weighted by Crippen LogP contribution is -2.51. The molecule has 2 N–H and O–H groups in total. The average Bonchev–Trinajstić information content (AvgIpc) is 3.14. The maximum atomic E-state index is 15.4. The first-order chi connectivity index (χ1) is 15.4. The van der Waals surface area contributed by atoms with Crippen molar-refractivity contribution < 1.29 is 8.94 Å². The summed E-state index contributed by atoms with van der Waals surface area (Å²) >= 11 is 0.00299. The van der Waals surface area contributed by atoms with Gasteiger partial charge in [0.2, 0.25) is 5.96 Å². The highest BCUT2D eigenvalue weighted by molar-refractivity contribution is 7.89. The predicted octanol–water partition coefficient (Wildman–Crippen LogP) is 3.03. The number of pyridine rings is 1. The second kappa shape index (κ2) is 8.51. The van der Waals surface area contributed by atoms with E-state index in [0.29, 0.717) is 10.3 Å². The molecule has 7 nitrogen and oxygen atoms in total. The Morgan fingerprint density at radius 2 is 1.97 bits per heavy atom. The van der Waals surface area contributed by atoms with Crippen LogP contribution in [0.2, 0.25) is 0 Å². The largest absolute Gasteiger partial charge is 0.593 e. The summed E-state index contributed by atoms with van der Waals surface area (Å²) in [4.78, 5) is 9.77. The molecule has 0 bridgehead atoms. The molecule has 5 rings (SSSR count). The van der Waals surface area contributed by atoms with Gasteiger partial charge in [0.05, 0.1) is 23.3 Å². The second-order valence-corrected chi connectivity index (χ2v) is 10.8. The highest BCUT2D eigenvalue weighted by Gasteiger charge is 2.35. The minimum Gasteiger partial charge on any atom is -0.593 e. The molecule has 2 saturated heterocycles. The van der Waals surface area contributed by atoms with Crippen LogP contribution in [0, 0.1) is 11.2 Å². The number of guanidine groups is 1. The van der Waals surface area contributed by atoms with Gasteiger partial charge in [-0.1, -0.05) is 18.2 Å². The van der Waals surface area contributed by atoms with Gasteiger partial charge in [0.1, 0.15) is 17.7 Å². The van der Waals surface area contributed by atoms with Gasteiger partial charge in [-0.2, -0.15) is 4.31 Å². The second-order valence-electron chi connectivity index (χ2n) is 8.19. The molecular weight excluding hydrogens is 447 g/mol. The number of hydrogen-bond donors (Lipinski definition) is 2. The normalized spacial score (nSPS) is 22.4. The zero-order valence-corrected chi connectivity index (χ0v) is 19.6. The van der Waals surface area contributed by atoms with Crippen LogP contribution in [-0.2, 0) is 11.4 Å². The molecule has 10 heteroatoms. The monoisotopic (exact) mass is 472 g/mol. The van der Waals surface area contributed by atoms with Gasteiger partial charge in [-0.15, -0.1) is 11.3 Å². The molecule has 2 fully saturated rings. The number of nitrogens with one attached hydrogen (secondary N) is 2. The van der Waals surface area contributed by atoms with Crippen molar-refractivity contribution in [3.05, 3.63) is 47.2 Å². The molecule has 2 aliphatic rings. The van der Waals surface area contributed by atoms with Gasteiger partial charge < -0.3 is 19.7 Å². The molecule has 2 aliphatic heterocycles. The predicted molar refractivity (Wildman–Crippen MR) is 129 cm³/mol. The van der Waals surface area contributed by atoms with E-state index in [0.717, 1.165) is 47.8 Å². The van der Waals surface area contributed by atoms with Crippen molar-refractivity contribution in [3.63, 3.8) is 0 Å². The zero-order valence-electron chi connectivity index (χ0n) is 18.0. The Bertz CT molecular complexity index is 1150. The third-order valence-corrected chi connectivity index (χ3v) is 8.86. The lowest BCUT2D eigenvalue weighted by atomic mass is 10.1. The molecule has 3 aromatic rings. The molecule has 1 aromatic carbocycles. The van der Waals surface area contributed by atoms with Crippen LogP contribution in [0.25, 0.3) is 21.2 Å². The van der Waals surface area contributed by atoms with Gasteiger partial charge in [-0.3, -0.25) is 5.41 Å². The topological polar surface area (TPSA) is 81.5 Å². The molecule has 0 aliphatic carbocycles. The van der Waals surface area contributed by atoms with E-state index in [-0.39, 0.29) is 17.5 Å². The van der Waals surface area contributed by atoms with Crippen molar-refractivity contribution in [1.29, 1.82) is 5.41 Å². The molecule has 0 amide bonds. The minimum atomic E-state index is -1.36. The number of halogens is 1. The smallest absolute Gasteiger partial charge is 0.234 e. The highest BCUT2D eigenvalue weighted by atomic mass is 32.2. The summed E-state index contributed by atoms with van der Waals surface area (Å²) in [5, 5.41) is 11.5. The van der Waals surface area contributed by atoms with Crippen molar-refractivity contribution >= 4 is 44.6 Å². The van der Waals surface area contributed by atoms with Gasteiger partial charge in [-0.25, -0.2) is 9.37 Å². The van der Waals surface area contributed by atoms with Crippen LogP contribution in [0.1, 0.15) is 10.9 Å². The van der Waals surface area contributed by atoms with Gasteiger partial charge in [-0.05, 0) is 19.2 Å². The summed E-state index contributed by atoms with van der Waals surface area (Å²) in [5.74, 6) is 0.934. The maximum Gasteiger partial charge on any atom is 0.234 e. The van der Waals surface area contributed by atoms with Crippen LogP contribution >= 0.6 is 11.3 Å². The van der Waals surface area contributed by atoms with E-state index in [4.69, 9.17) is 5.41 Å². The lowest BCUT2D eigenvalue weighted by Gasteiger charge is -2.33. The number of hydrogen-bond acceptors (Lipinski definition) is 6. The van der Waals surface area contributed by atoms with Crippen molar-refractivity contribution in [1.82, 2.24) is 19.5 Å². The number of piperazine rings is 1. The SMILES string of the molecule is CN1CCN(c2ccc(-c3cccc4c(F)c(C5C[S+]([O-])N(C)C(=N)N5)sc34)cn2)CC1. The molecule has 0 saturated carbocycles. The summed E-state index contributed by atoms with van der Waals surface area (Å²) in [6.07, 6.45) is 1.86. The van der Waals surface area contributed by atoms with Crippen molar-refractivity contribution in [2.24, 2.45) is 0 Å². The zero-order chi connectivity index (χ0) is 22.4. The van der Waals surface area contributed by atoms with E-state index in [1.807, 2.05) is 30.5 Å².